The second kappa shape index (κ2) is 4.67. The van der Waals surface area contributed by atoms with Crippen LogP contribution in [0.3, 0.4) is 0 Å². The van der Waals surface area contributed by atoms with Gasteiger partial charge in [-0.05, 0) is 24.4 Å². The van der Waals surface area contributed by atoms with Crippen LogP contribution in [0.15, 0.2) is 47.0 Å². The molecular formula is C15H11ClFNO. The average molecular weight is 276 g/mol. The molecule has 0 saturated heterocycles. The van der Waals surface area contributed by atoms with Crippen LogP contribution in [-0.4, -0.2) is 4.98 Å². The smallest absolute Gasteiger partial charge is 0.212 e. The lowest BCUT2D eigenvalue weighted by molar-refractivity contribution is 0.508. The van der Waals surface area contributed by atoms with Crippen LogP contribution in [0.4, 0.5) is 4.39 Å². The normalized spacial score (nSPS) is 12.8. The van der Waals surface area contributed by atoms with Gasteiger partial charge in [0.1, 0.15) is 11.2 Å². The van der Waals surface area contributed by atoms with Crippen molar-refractivity contribution in [2.45, 2.75) is 12.3 Å². The van der Waals surface area contributed by atoms with Crippen molar-refractivity contribution < 1.29 is 8.81 Å². The van der Waals surface area contributed by atoms with Crippen LogP contribution in [-0.2, 0) is 0 Å². The Morgan fingerprint density at radius 1 is 1.16 bits per heavy atom. The predicted molar refractivity (Wildman–Crippen MR) is 73.7 cm³/mol. The number of benzene rings is 2. The standard InChI is InChI=1S/C15H11ClFNO/c1-9(16)15-18-8-14(19-15)12-6-7-13(17)11-5-3-2-4-10(11)12/h2-9H,1H3. The van der Waals surface area contributed by atoms with E-state index in [9.17, 15) is 4.39 Å². The number of oxazole rings is 1. The Morgan fingerprint density at radius 3 is 2.58 bits per heavy atom. The van der Waals surface area contributed by atoms with E-state index in [2.05, 4.69) is 4.98 Å². The van der Waals surface area contributed by atoms with E-state index in [0.717, 1.165) is 10.9 Å². The molecule has 96 valence electrons. The van der Waals surface area contributed by atoms with Gasteiger partial charge in [-0.25, -0.2) is 9.37 Å². The minimum atomic E-state index is -0.291. The van der Waals surface area contributed by atoms with Gasteiger partial charge in [-0.15, -0.1) is 11.6 Å². The van der Waals surface area contributed by atoms with Gasteiger partial charge >= 0.3 is 0 Å². The molecule has 0 saturated carbocycles. The molecule has 2 nitrogen and oxygen atoms in total. The van der Waals surface area contributed by atoms with Gasteiger partial charge in [0.05, 0.1) is 6.20 Å². The molecule has 0 aliphatic heterocycles. The van der Waals surface area contributed by atoms with Gasteiger partial charge in [-0.1, -0.05) is 24.3 Å². The van der Waals surface area contributed by atoms with Gasteiger partial charge in [0.2, 0.25) is 5.89 Å². The summed E-state index contributed by atoms with van der Waals surface area (Å²) in [5, 5.41) is 1.07. The SMILES string of the molecule is CC(Cl)c1ncc(-c2ccc(F)c3ccccc23)o1. The van der Waals surface area contributed by atoms with E-state index in [1.165, 1.54) is 6.07 Å². The quantitative estimate of drug-likeness (QED) is 0.620. The maximum atomic E-state index is 13.7. The van der Waals surface area contributed by atoms with Crippen molar-refractivity contribution in [2.75, 3.05) is 0 Å². The Balaban J connectivity index is 2.22. The summed E-state index contributed by atoms with van der Waals surface area (Å²) >= 11 is 5.93. The van der Waals surface area contributed by atoms with E-state index in [4.69, 9.17) is 16.0 Å². The van der Waals surface area contributed by atoms with Crippen LogP contribution >= 0.6 is 11.6 Å². The fraction of sp³-hybridized carbons (Fsp3) is 0.133. The van der Waals surface area contributed by atoms with E-state index in [0.29, 0.717) is 17.0 Å². The Morgan fingerprint density at radius 2 is 1.89 bits per heavy atom. The van der Waals surface area contributed by atoms with Gasteiger partial charge in [0.25, 0.3) is 0 Å². The lowest BCUT2D eigenvalue weighted by Crippen LogP contribution is -1.84. The second-order valence-corrected chi connectivity index (χ2v) is 4.97. The molecule has 1 unspecified atom stereocenters. The average Bonchev–Trinajstić information content (AvgIpc) is 2.89. The maximum absolute atomic E-state index is 13.7. The van der Waals surface area contributed by atoms with Crippen LogP contribution in [0, 0.1) is 5.82 Å². The fourth-order valence-electron chi connectivity index (χ4n) is 2.07. The van der Waals surface area contributed by atoms with Gasteiger partial charge in [0.15, 0.2) is 5.76 Å². The molecule has 19 heavy (non-hydrogen) atoms. The summed E-state index contributed by atoms with van der Waals surface area (Å²) in [5.41, 5.74) is 0.813. The number of aromatic nitrogens is 1. The topological polar surface area (TPSA) is 26.0 Å². The number of halogens is 2. The summed E-state index contributed by atoms with van der Waals surface area (Å²) in [6, 6.07) is 10.4. The summed E-state index contributed by atoms with van der Waals surface area (Å²) in [5.74, 6) is 0.813. The first-order valence-corrected chi connectivity index (χ1v) is 6.38. The zero-order valence-corrected chi connectivity index (χ0v) is 11.0. The third-order valence-electron chi connectivity index (χ3n) is 3.00. The molecule has 1 aromatic heterocycles. The Kier molecular flexibility index (Phi) is 2.99. The van der Waals surface area contributed by atoms with Crippen molar-refractivity contribution in [3.63, 3.8) is 0 Å². The Labute approximate surface area is 114 Å². The minimum Gasteiger partial charge on any atom is -0.439 e. The van der Waals surface area contributed by atoms with Crippen molar-refractivity contribution in [2.24, 2.45) is 0 Å². The largest absolute Gasteiger partial charge is 0.439 e. The van der Waals surface area contributed by atoms with Crippen molar-refractivity contribution in [1.82, 2.24) is 4.98 Å². The molecule has 1 heterocycles. The summed E-state index contributed by atoms with van der Waals surface area (Å²) in [7, 11) is 0. The summed E-state index contributed by atoms with van der Waals surface area (Å²) < 4.78 is 19.4. The van der Waals surface area contributed by atoms with E-state index in [1.54, 1.807) is 25.3 Å². The molecule has 0 fully saturated rings. The van der Waals surface area contributed by atoms with Crippen LogP contribution in [0.2, 0.25) is 0 Å². The summed E-state index contributed by atoms with van der Waals surface area (Å²) in [6.07, 6.45) is 1.62. The number of alkyl halides is 1. The van der Waals surface area contributed by atoms with Crippen molar-refractivity contribution in [3.8, 4) is 11.3 Å². The van der Waals surface area contributed by atoms with Crippen LogP contribution in [0.25, 0.3) is 22.1 Å². The highest BCUT2D eigenvalue weighted by Gasteiger charge is 2.14. The molecule has 1 atom stereocenters. The molecule has 0 spiro atoms. The van der Waals surface area contributed by atoms with Crippen molar-refractivity contribution >= 4 is 22.4 Å². The van der Waals surface area contributed by atoms with Gasteiger partial charge in [0, 0.05) is 10.9 Å². The third kappa shape index (κ3) is 2.10. The molecule has 3 aromatic rings. The first-order valence-electron chi connectivity index (χ1n) is 5.94. The Hall–Kier alpha value is -1.87. The highest BCUT2D eigenvalue weighted by atomic mass is 35.5. The summed E-state index contributed by atoms with van der Waals surface area (Å²) in [4.78, 5) is 4.13. The van der Waals surface area contributed by atoms with E-state index in [1.807, 2.05) is 18.2 Å². The Bertz CT molecular complexity index is 736. The molecule has 0 aliphatic carbocycles. The minimum absolute atomic E-state index is 0.246. The van der Waals surface area contributed by atoms with E-state index in [-0.39, 0.29) is 11.2 Å². The molecular weight excluding hydrogens is 265 g/mol. The molecule has 2 aromatic carbocycles. The van der Waals surface area contributed by atoms with Crippen molar-refractivity contribution in [1.29, 1.82) is 0 Å². The number of rotatable bonds is 2. The molecule has 0 radical (unpaired) electrons. The van der Waals surface area contributed by atoms with Crippen LogP contribution < -0.4 is 0 Å². The summed E-state index contributed by atoms with van der Waals surface area (Å²) in [6.45, 7) is 1.79. The second-order valence-electron chi connectivity index (χ2n) is 4.32. The molecule has 0 N–H and O–H groups in total. The molecule has 3 rings (SSSR count). The molecule has 0 amide bonds. The van der Waals surface area contributed by atoms with Gasteiger partial charge < -0.3 is 4.42 Å². The lowest BCUT2D eigenvalue weighted by atomic mass is 10.0. The fourth-order valence-corrected chi connectivity index (χ4v) is 2.17. The van der Waals surface area contributed by atoms with Gasteiger partial charge in [-0.2, -0.15) is 0 Å². The maximum Gasteiger partial charge on any atom is 0.212 e. The number of fused-ring (bicyclic) bond motifs is 1. The number of hydrogen-bond donors (Lipinski definition) is 0. The first-order chi connectivity index (χ1) is 9.16. The molecule has 4 heteroatoms. The van der Waals surface area contributed by atoms with Crippen LogP contribution in [0.5, 0.6) is 0 Å². The zero-order valence-electron chi connectivity index (χ0n) is 10.2. The monoisotopic (exact) mass is 275 g/mol. The third-order valence-corrected chi connectivity index (χ3v) is 3.19. The highest BCUT2D eigenvalue weighted by Crippen LogP contribution is 2.32. The van der Waals surface area contributed by atoms with E-state index >= 15 is 0 Å². The van der Waals surface area contributed by atoms with E-state index < -0.39 is 0 Å². The number of hydrogen-bond acceptors (Lipinski definition) is 2. The highest BCUT2D eigenvalue weighted by molar-refractivity contribution is 6.20. The number of nitrogens with zero attached hydrogens (tertiary/aromatic N) is 1. The first kappa shape index (κ1) is 12.2. The molecule has 0 aliphatic rings. The van der Waals surface area contributed by atoms with Gasteiger partial charge in [-0.3, -0.25) is 0 Å². The lowest BCUT2D eigenvalue weighted by Gasteiger charge is -2.04. The predicted octanol–water partition coefficient (Wildman–Crippen LogP) is 4.93. The van der Waals surface area contributed by atoms with Crippen molar-refractivity contribution in [3.05, 3.63) is 54.3 Å². The zero-order chi connectivity index (χ0) is 13.4. The van der Waals surface area contributed by atoms with Crippen LogP contribution in [0.1, 0.15) is 18.2 Å². The molecule has 0 bridgehead atoms.